The highest BCUT2D eigenvalue weighted by atomic mass is 127. The molecule has 1 fully saturated rings. The molecule has 0 saturated carbocycles. The van der Waals surface area contributed by atoms with Crippen molar-refractivity contribution in [1.29, 1.82) is 0 Å². The summed E-state index contributed by atoms with van der Waals surface area (Å²) >= 11 is 0. The van der Waals surface area contributed by atoms with Crippen LogP contribution in [0.3, 0.4) is 0 Å². The van der Waals surface area contributed by atoms with Crippen LogP contribution in [-0.2, 0) is 0 Å². The van der Waals surface area contributed by atoms with Gasteiger partial charge in [-0.05, 0) is 41.5 Å². The molecular formula is C12H26IN. The van der Waals surface area contributed by atoms with E-state index in [1.807, 2.05) is 0 Å². The van der Waals surface area contributed by atoms with Crippen molar-refractivity contribution >= 4 is 0 Å². The van der Waals surface area contributed by atoms with Gasteiger partial charge in [-0.1, -0.05) is 0 Å². The van der Waals surface area contributed by atoms with E-state index in [0.29, 0.717) is 11.1 Å². The van der Waals surface area contributed by atoms with Crippen LogP contribution in [0.2, 0.25) is 0 Å². The molecule has 1 aliphatic heterocycles. The number of likely N-dealkylation sites (tertiary alicyclic amines) is 1. The van der Waals surface area contributed by atoms with Gasteiger partial charge in [-0.2, -0.15) is 0 Å². The van der Waals surface area contributed by atoms with E-state index in [1.165, 1.54) is 30.4 Å². The molecule has 1 nitrogen and oxygen atoms in total. The smallest absolute Gasteiger partial charge is 0.0911 e. The number of quaternary nitrogens is 1. The third-order valence-corrected chi connectivity index (χ3v) is 3.90. The maximum Gasteiger partial charge on any atom is 0.0911 e. The Morgan fingerprint density at radius 2 is 1.00 bits per heavy atom. The van der Waals surface area contributed by atoms with Gasteiger partial charge in [-0.15, -0.1) is 0 Å². The lowest BCUT2D eigenvalue weighted by Gasteiger charge is -2.54. The number of hydrogen-bond donors (Lipinski definition) is 0. The van der Waals surface area contributed by atoms with Gasteiger partial charge in [0, 0.05) is 12.8 Å². The lowest BCUT2D eigenvalue weighted by Crippen LogP contribution is -3.00. The largest absolute Gasteiger partial charge is 1.00 e. The average Bonchev–Trinajstić information content (AvgIpc) is 2.28. The summed E-state index contributed by atoms with van der Waals surface area (Å²) in [5.74, 6) is 0. The molecule has 0 atom stereocenters. The molecule has 1 rings (SSSR count). The molecule has 86 valence electrons. The van der Waals surface area contributed by atoms with Gasteiger partial charge >= 0.3 is 0 Å². The molecule has 0 amide bonds. The van der Waals surface area contributed by atoms with Gasteiger partial charge < -0.3 is 28.5 Å². The highest BCUT2D eigenvalue weighted by molar-refractivity contribution is 4.77. The fourth-order valence-corrected chi connectivity index (χ4v) is 3.22. The van der Waals surface area contributed by atoms with Crippen molar-refractivity contribution in [2.75, 3.05) is 13.1 Å². The van der Waals surface area contributed by atoms with Crippen LogP contribution >= 0.6 is 0 Å². The first-order valence-electron chi connectivity index (χ1n) is 5.58. The van der Waals surface area contributed by atoms with Crippen molar-refractivity contribution in [2.45, 2.75) is 65.5 Å². The molecule has 1 aliphatic rings. The van der Waals surface area contributed by atoms with E-state index in [9.17, 15) is 0 Å². The summed E-state index contributed by atoms with van der Waals surface area (Å²) < 4.78 is 1.29. The first kappa shape index (κ1) is 14.7. The average molecular weight is 311 g/mol. The second kappa shape index (κ2) is 4.28. The van der Waals surface area contributed by atoms with Crippen molar-refractivity contribution in [3.8, 4) is 0 Å². The minimum atomic E-state index is 0. The minimum Gasteiger partial charge on any atom is -1.00 e. The number of rotatable bonds is 0. The SMILES string of the molecule is CC(C)(C)[N+]1(C(C)(C)C)CCCC1.[I-]. The van der Waals surface area contributed by atoms with Crippen LogP contribution in [-0.4, -0.2) is 28.7 Å². The molecule has 1 heterocycles. The van der Waals surface area contributed by atoms with Gasteiger partial charge in [0.2, 0.25) is 0 Å². The molecular weight excluding hydrogens is 285 g/mol. The van der Waals surface area contributed by atoms with Crippen molar-refractivity contribution < 1.29 is 28.5 Å². The van der Waals surface area contributed by atoms with Gasteiger partial charge in [0.05, 0.1) is 24.2 Å². The summed E-state index contributed by atoms with van der Waals surface area (Å²) in [5, 5.41) is 0. The van der Waals surface area contributed by atoms with Crippen LogP contribution in [0.1, 0.15) is 54.4 Å². The Kier molecular flexibility index (Phi) is 4.49. The maximum absolute atomic E-state index is 2.39. The Hall–Kier alpha value is 0.690. The molecule has 0 spiro atoms. The van der Waals surface area contributed by atoms with Crippen molar-refractivity contribution in [3.63, 3.8) is 0 Å². The van der Waals surface area contributed by atoms with Crippen LogP contribution in [0, 0.1) is 0 Å². The van der Waals surface area contributed by atoms with Crippen molar-refractivity contribution in [1.82, 2.24) is 0 Å². The molecule has 0 aliphatic carbocycles. The second-order valence-corrected chi connectivity index (χ2v) is 6.46. The predicted molar refractivity (Wildman–Crippen MR) is 58.7 cm³/mol. The quantitative estimate of drug-likeness (QED) is 0.443. The molecule has 2 heteroatoms. The topological polar surface area (TPSA) is 0 Å². The Morgan fingerprint density at radius 1 is 0.714 bits per heavy atom. The maximum atomic E-state index is 2.39. The summed E-state index contributed by atoms with van der Waals surface area (Å²) in [6, 6.07) is 0. The van der Waals surface area contributed by atoms with Crippen LogP contribution in [0.15, 0.2) is 0 Å². The predicted octanol–water partition coefficient (Wildman–Crippen LogP) is 0.198. The summed E-state index contributed by atoms with van der Waals surface area (Å²) in [6.07, 6.45) is 2.82. The standard InChI is InChI=1S/C12H26N.HI/c1-11(2,3)13(12(4,5)6)9-7-8-10-13;/h7-10H2,1-6H3;1H/q+1;/p-1. The molecule has 1 saturated heterocycles. The van der Waals surface area contributed by atoms with Crippen molar-refractivity contribution in [3.05, 3.63) is 0 Å². The second-order valence-electron chi connectivity index (χ2n) is 6.46. The fourth-order valence-electron chi connectivity index (χ4n) is 3.22. The third kappa shape index (κ3) is 2.26. The van der Waals surface area contributed by atoms with Gasteiger partial charge in [0.15, 0.2) is 0 Å². The molecule has 0 radical (unpaired) electrons. The van der Waals surface area contributed by atoms with Gasteiger partial charge in [-0.3, -0.25) is 0 Å². The fraction of sp³-hybridized carbons (Fsp3) is 1.00. The zero-order chi connectivity index (χ0) is 10.3. The van der Waals surface area contributed by atoms with E-state index < -0.39 is 0 Å². The Morgan fingerprint density at radius 3 is 1.14 bits per heavy atom. The van der Waals surface area contributed by atoms with Gasteiger partial charge in [0.25, 0.3) is 0 Å². The zero-order valence-electron chi connectivity index (χ0n) is 10.7. The highest BCUT2D eigenvalue weighted by Gasteiger charge is 2.50. The van der Waals surface area contributed by atoms with E-state index in [0.717, 1.165) is 0 Å². The van der Waals surface area contributed by atoms with Crippen LogP contribution in [0.5, 0.6) is 0 Å². The lowest BCUT2D eigenvalue weighted by atomic mass is 9.91. The van der Waals surface area contributed by atoms with Gasteiger partial charge in [-0.25, -0.2) is 0 Å². The van der Waals surface area contributed by atoms with Crippen LogP contribution in [0.4, 0.5) is 0 Å². The Balaban J connectivity index is 0.00000169. The molecule has 0 aromatic heterocycles. The molecule has 0 bridgehead atoms. The van der Waals surface area contributed by atoms with E-state index in [-0.39, 0.29) is 24.0 Å². The normalized spacial score (nSPS) is 21.9. The lowest BCUT2D eigenvalue weighted by molar-refractivity contribution is -1.00. The third-order valence-electron chi connectivity index (χ3n) is 3.90. The minimum absolute atomic E-state index is 0. The number of nitrogens with zero attached hydrogens (tertiary/aromatic N) is 1. The van der Waals surface area contributed by atoms with Crippen molar-refractivity contribution in [2.24, 2.45) is 0 Å². The molecule has 0 unspecified atom stereocenters. The molecule has 0 aromatic rings. The van der Waals surface area contributed by atoms with E-state index in [1.54, 1.807) is 0 Å². The van der Waals surface area contributed by atoms with E-state index in [2.05, 4.69) is 41.5 Å². The summed E-state index contributed by atoms with van der Waals surface area (Å²) in [5.41, 5.74) is 0.795. The van der Waals surface area contributed by atoms with Gasteiger partial charge in [0.1, 0.15) is 0 Å². The number of halogens is 1. The van der Waals surface area contributed by atoms with E-state index in [4.69, 9.17) is 0 Å². The van der Waals surface area contributed by atoms with Crippen LogP contribution in [0.25, 0.3) is 0 Å². The Bertz CT molecular complexity index is 163. The number of hydrogen-bond acceptors (Lipinski definition) is 0. The highest BCUT2D eigenvalue weighted by Crippen LogP contribution is 2.39. The summed E-state index contributed by atoms with van der Waals surface area (Å²) in [7, 11) is 0. The first-order chi connectivity index (χ1) is 5.71. The zero-order valence-corrected chi connectivity index (χ0v) is 12.8. The van der Waals surface area contributed by atoms with Crippen LogP contribution < -0.4 is 24.0 Å². The Labute approximate surface area is 107 Å². The molecule has 0 aromatic carbocycles. The van der Waals surface area contributed by atoms with E-state index >= 15 is 0 Å². The monoisotopic (exact) mass is 311 g/mol. The molecule has 14 heavy (non-hydrogen) atoms. The summed E-state index contributed by atoms with van der Waals surface area (Å²) in [6.45, 7) is 17.1. The first-order valence-corrected chi connectivity index (χ1v) is 5.58. The molecule has 0 N–H and O–H groups in total. The summed E-state index contributed by atoms with van der Waals surface area (Å²) in [4.78, 5) is 0.